The molecule has 0 saturated heterocycles. The molecule has 8 nitrogen and oxygen atoms in total. The molecule has 1 heterocycles. The third-order valence-corrected chi connectivity index (χ3v) is 4.45. The van der Waals surface area contributed by atoms with E-state index in [1.165, 1.54) is 0 Å². The zero-order chi connectivity index (χ0) is 20.6. The zero-order valence-corrected chi connectivity index (χ0v) is 16.5. The van der Waals surface area contributed by atoms with Crippen LogP contribution in [0, 0.1) is 0 Å². The number of anilines is 4. The van der Waals surface area contributed by atoms with Gasteiger partial charge in [0.05, 0.1) is 37.7 Å². The number of benzene rings is 2. The second kappa shape index (κ2) is 9.59. The molecule has 0 bridgehead atoms. The van der Waals surface area contributed by atoms with E-state index in [2.05, 4.69) is 27.9 Å². The van der Waals surface area contributed by atoms with Crippen molar-refractivity contribution in [3.8, 4) is 11.5 Å². The average Bonchev–Trinajstić information content (AvgIpc) is 3.13. The number of hydrogen-bond acceptors (Lipinski definition) is 6. The van der Waals surface area contributed by atoms with E-state index in [9.17, 15) is 0 Å². The van der Waals surface area contributed by atoms with Crippen LogP contribution in [0.4, 0.5) is 22.7 Å². The highest BCUT2D eigenvalue weighted by molar-refractivity contribution is 5.61. The van der Waals surface area contributed by atoms with Crippen molar-refractivity contribution in [2.24, 2.45) is 0 Å². The van der Waals surface area contributed by atoms with Crippen LogP contribution in [-0.4, -0.2) is 17.8 Å². The summed E-state index contributed by atoms with van der Waals surface area (Å²) in [5, 5.41) is 0. The predicted molar refractivity (Wildman–Crippen MR) is 115 cm³/mol. The Hall–Kier alpha value is -3.55. The smallest absolute Gasteiger partial charge is 0.243 e. The molecule has 0 aliphatic rings. The molecule has 3 aromatic rings. The Balaban J connectivity index is 1.35. The van der Waals surface area contributed by atoms with E-state index in [1.54, 1.807) is 36.4 Å². The van der Waals surface area contributed by atoms with Crippen molar-refractivity contribution in [3.05, 3.63) is 55.1 Å². The summed E-state index contributed by atoms with van der Waals surface area (Å²) in [4.78, 5) is 0. The minimum Gasteiger partial charge on any atom is -0.491 e. The molecule has 0 radical (unpaired) electrons. The van der Waals surface area contributed by atoms with Crippen LogP contribution in [0.25, 0.3) is 0 Å². The molecule has 0 aliphatic carbocycles. The maximum Gasteiger partial charge on any atom is 0.243 e. The summed E-state index contributed by atoms with van der Waals surface area (Å²) in [6.07, 6.45) is 7.93. The molecular formula is C21H29N6O2+. The quantitative estimate of drug-likeness (QED) is 0.235. The first kappa shape index (κ1) is 20.2. The summed E-state index contributed by atoms with van der Waals surface area (Å²) in [5.41, 5.74) is 25.5. The second-order valence-corrected chi connectivity index (χ2v) is 6.89. The van der Waals surface area contributed by atoms with E-state index in [-0.39, 0.29) is 0 Å². The van der Waals surface area contributed by atoms with Gasteiger partial charge in [-0.05, 0) is 36.4 Å². The fraction of sp³-hybridized carbons (Fsp3) is 0.286. The first-order valence-corrected chi connectivity index (χ1v) is 9.61. The molecule has 3 rings (SSSR count). The Morgan fingerprint density at radius 1 is 0.793 bits per heavy atom. The largest absolute Gasteiger partial charge is 0.491 e. The number of rotatable bonds is 10. The number of hydrogen-bond donors (Lipinski definition) is 4. The van der Waals surface area contributed by atoms with Gasteiger partial charge in [-0.25, -0.2) is 9.13 Å². The number of nitrogens with zero attached hydrogens (tertiary/aromatic N) is 2. The number of imidazole rings is 1. The Morgan fingerprint density at radius 3 is 1.97 bits per heavy atom. The number of nitrogen functional groups attached to an aromatic ring is 4. The summed E-state index contributed by atoms with van der Waals surface area (Å²) in [5.74, 6) is 1.34. The van der Waals surface area contributed by atoms with Crippen molar-refractivity contribution < 1.29 is 14.0 Å². The standard InChI is InChI=1S/C21H29N6O2/c22-16-3-5-20(18(24)13-16)28-11-1-7-26-9-10-27(15-26)8-2-12-29-21-6-4-17(23)14-19(21)25/h3-6,9-10,13-15H,1-2,7-8,11-12,22-25H2/q+1. The molecule has 2 aromatic carbocycles. The molecule has 0 unspecified atom stereocenters. The lowest BCUT2D eigenvalue weighted by atomic mass is 10.2. The third kappa shape index (κ3) is 5.97. The van der Waals surface area contributed by atoms with Gasteiger partial charge in [0.1, 0.15) is 23.9 Å². The van der Waals surface area contributed by atoms with Crippen LogP contribution < -0.4 is 37.0 Å². The van der Waals surface area contributed by atoms with E-state index in [1.807, 2.05) is 0 Å². The highest BCUT2D eigenvalue weighted by Gasteiger charge is 2.06. The van der Waals surface area contributed by atoms with Gasteiger partial charge in [-0.15, -0.1) is 0 Å². The lowest BCUT2D eigenvalue weighted by Crippen LogP contribution is -2.32. The molecule has 0 aliphatic heterocycles. The Labute approximate surface area is 170 Å². The summed E-state index contributed by atoms with van der Waals surface area (Å²) in [6.45, 7) is 2.90. The molecule has 29 heavy (non-hydrogen) atoms. The van der Waals surface area contributed by atoms with Gasteiger partial charge in [0.15, 0.2) is 0 Å². The average molecular weight is 398 g/mol. The van der Waals surface area contributed by atoms with Gasteiger partial charge in [0, 0.05) is 24.2 Å². The first-order chi connectivity index (χ1) is 14.0. The van der Waals surface area contributed by atoms with Crippen LogP contribution in [0.3, 0.4) is 0 Å². The number of nitrogens with two attached hydrogens (primary N) is 4. The monoisotopic (exact) mass is 397 g/mol. The first-order valence-electron chi connectivity index (χ1n) is 9.61. The highest BCUT2D eigenvalue weighted by Crippen LogP contribution is 2.24. The highest BCUT2D eigenvalue weighted by atomic mass is 16.5. The van der Waals surface area contributed by atoms with Crippen LogP contribution in [-0.2, 0) is 13.1 Å². The molecular weight excluding hydrogens is 368 g/mol. The van der Waals surface area contributed by atoms with Crippen molar-refractivity contribution in [2.45, 2.75) is 25.9 Å². The Morgan fingerprint density at radius 2 is 1.38 bits per heavy atom. The molecule has 1 aromatic heterocycles. The van der Waals surface area contributed by atoms with Gasteiger partial charge >= 0.3 is 0 Å². The van der Waals surface area contributed by atoms with E-state index in [0.717, 1.165) is 25.9 Å². The summed E-state index contributed by atoms with van der Waals surface area (Å²) < 4.78 is 15.7. The van der Waals surface area contributed by atoms with Crippen LogP contribution in [0.5, 0.6) is 11.5 Å². The van der Waals surface area contributed by atoms with Gasteiger partial charge in [0.2, 0.25) is 6.33 Å². The third-order valence-electron chi connectivity index (χ3n) is 4.45. The van der Waals surface area contributed by atoms with E-state index in [4.69, 9.17) is 32.4 Å². The van der Waals surface area contributed by atoms with E-state index in [0.29, 0.717) is 47.5 Å². The maximum absolute atomic E-state index is 5.89. The lowest BCUT2D eigenvalue weighted by Gasteiger charge is -2.08. The summed E-state index contributed by atoms with van der Waals surface area (Å²) in [6, 6.07) is 10.6. The van der Waals surface area contributed by atoms with Crippen molar-refractivity contribution in [2.75, 3.05) is 36.1 Å². The molecule has 0 spiro atoms. The summed E-state index contributed by atoms with van der Waals surface area (Å²) >= 11 is 0. The molecule has 0 amide bonds. The van der Waals surface area contributed by atoms with Gasteiger partial charge in [-0.2, -0.15) is 0 Å². The second-order valence-electron chi connectivity index (χ2n) is 6.89. The molecule has 154 valence electrons. The SMILES string of the molecule is Nc1ccc(OCCCn2cc[n+](CCCOc3ccc(N)cc3N)c2)c(N)c1. The van der Waals surface area contributed by atoms with Crippen molar-refractivity contribution in [1.82, 2.24) is 4.57 Å². The van der Waals surface area contributed by atoms with Crippen LogP contribution in [0.2, 0.25) is 0 Å². The van der Waals surface area contributed by atoms with Crippen LogP contribution in [0.15, 0.2) is 55.1 Å². The molecule has 0 atom stereocenters. The van der Waals surface area contributed by atoms with Crippen molar-refractivity contribution in [3.63, 3.8) is 0 Å². The Kier molecular flexibility index (Phi) is 6.67. The van der Waals surface area contributed by atoms with Crippen LogP contribution in [0.1, 0.15) is 12.8 Å². The van der Waals surface area contributed by atoms with E-state index < -0.39 is 0 Å². The molecule has 0 saturated carbocycles. The van der Waals surface area contributed by atoms with Crippen molar-refractivity contribution >= 4 is 22.7 Å². The molecule has 8 heteroatoms. The number of ether oxygens (including phenoxy) is 2. The zero-order valence-electron chi connectivity index (χ0n) is 16.5. The Bertz CT molecular complexity index is 867. The van der Waals surface area contributed by atoms with Crippen molar-refractivity contribution in [1.29, 1.82) is 0 Å². The summed E-state index contributed by atoms with van der Waals surface area (Å²) in [7, 11) is 0. The minimum atomic E-state index is 0.562. The molecule has 0 fully saturated rings. The molecule has 8 N–H and O–H groups in total. The van der Waals surface area contributed by atoms with Gasteiger partial charge in [-0.1, -0.05) is 0 Å². The van der Waals surface area contributed by atoms with Gasteiger partial charge in [-0.3, -0.25) is 0 Å². The van der Waals surface area contributed by atoms with Crippen LogP contribution >= 0.6 is 0 Å². The fourth-order valence-electron chi connectivity index (χ4n) is 2.96. The minimum absolute atomic E-state index is 0.562. The predicted octanol–water partition coefficient (Wildman–Crippen LogP) is 2.04. The normalized spacial score (nSPS) is 10.8. The topological polar surface area (TPSA) is 131 Å². The van der Waals surface area contributed by atoms with Gasteiger partial charge in [0.25, 0.3) is 0 Å². The number of aryl methyl sites for hydroxylation is 2. The number of aromatic nitrogens is 2. The van der Waals surface area contributed by atoms with E-state index >= 15 is 0 Å². The van der Waals surface area contributed by atoms with Gasteiger partial charge < -0.3 is 32.4 Å². The fourth-order valence-corrected chi connectivity index (χ4v) is 2.96. The lowest BCUT2D eigenvalue weighted by molar-refractivity contribution is -0.696. The maximum atomic E-state index is 5.89.